The largest absolute Gasteiger partial charge is 0.313 e. The highest BCUT2D eigenvalue weighted by Gasteiger charge is 2.30. The molecule has 1 aliphatic rings. The number of aromatic nitrogens is 1. The van der Waals surface area contributed by atoms with Gasteiger partial charge in [-0.1, -0.05) is 20.3 Å². The summed E-state index contributed by atoms with van der Waals surface area (Å²) in [5.41, 5.74) is 0. The molecule has 1 aromatic rings. The molecule has 2 nitrogen and oxygen atoms in total. The summed E-state index contributed by atoms with van der Waals surface area (Å²) in [5.74, 6) is 1.52. The number of hydrogen-bond donors (Lipinski definition) is 1. The lowest BCUT2D eigenvalue weighted by atomic mass is 10.1. The molecule has 0 radical (unpaired) electrons. The molecule has 16 heavy (non-hydrogen) atoms. The molecule has 1 aliphatic carbocycles. The maximum Gasteiger partial charge on any atom is 0.0965 e. The molecule has 2 unspecified atom stereocenters. The van der Waals surface area contributed by atoms with Gasteiger partial charge in [-0.15, -0.1) is 11.3 Å². The van der Waals surface area contributed by atoms with Gasteiger partial charge in [-0.2, -0.15) is 0 Å². The van der Waals surface area contributed by atoms with Gasteiger partial charge in [0.2, 0.25) is 0 Å². The molecule has 2 rings (SSSR count). The number of nitrogens with one attached hydrogen (secondary N) is 1. The van der Waals surface area contributed by atoms with Gasteiger partial charge in [0.15, 0.2) is 0 Å². The van der Waals surface area contributed by atoms with Crippen LogP contribution in [0.4, 0.5) is 0 Å². The van der Waals surface area contributed by atoms with Crippen LogP contribution in [0.2, 0.25) is 0 Å². The summed E-state index contributed by atoms with van der Waals surface area (Å²) in [4.78, 5) is 4.38. The molecule has 0 aliphatic heterocycles. The van der Waals surface area contributed by atoms with Crippen LogP contribution < -0.4 is 5.32 Å². The highest BCUT2D eigenvalue weighted by Crippen LogP contribution is 2.34. The van der Waals surface area contributed by atoms with Gasteiger partial charge in [0.05, 0.1) is 5.01 Å². The van der Waals surface area contributed by atoms with E-state index in [4.69, 9.17) is 0 Å². The second-order valence-electron chi connectivity index (χ2n) is 4.91. The first-order valence-corrected chi connectivity index (χ1v) is 7.32. The van der Waals surface area contributed by atoms with Crippen LogP contribution in [0.3, 0.4) is 0 Å². The second kappa shape index (κ2) is 5.78. The van der Waals surface area contributed by atoms with Crippen molar-refractivity contribution in [2.45, 2.75) is 51.5 Å². The summed E-state index contributed by atoms with van der Waals surface area (Å²) in [6.45, 7) is 5.62. The Hall–Kier alpha value is -0.410. The van der Waals surface area contributed by atoms with Crippen LogP contribution in [0.1, 0.15) is 50.5 Å². The molecule has 3 heteroatoms. The lowest BCUT2D eigenvalue weighted by molar-refractivity contribution is 0.419. The Bertz CT molecular complexity index is 293. The molecule has 0 aromatic carbocycles. The zero-order chi connectivity index (χ0) is 11.4. The van der Waals surface area contributed by atoms with Crippen LogP contribution in [-0.2, 0) is 0 Å². The summed E-state index contributed by atoms with van der Waals surface area (Å²) < 4.78 is 0. The summed E-state index contributed by atoms with van der Waals surface area (Å²) in [6, 6.07) is 0.757. The lowest BCUT2D eigenvalue weighted by Gasteiger charge is -2.19. The summed E-state index contributed by atoms with van der Waals surface area (Å²) >= 11 is 1.77. The highest BCUT2D eigenvalue weighted by atomic mass is 32.1. The van der Waals surface area contributed by atoms with Gasteiger partial charge in [0.1, 0.15) is 0 Å². The van der Waals surface area contributed by atoms with Crippen LogP contribution >= 0.6 is 11.3 Å². The fourth-order valence-corrected chi connectivity index (χ4v) is 2.91. The van der Waals surface area contributed by atoms with Gasteiger partial charge < -0.3 is 5.32 Å². The number of nitrogens with zero attached hydrogens (tertiary/aromatic N) is 1. The monoisotopic (exact) mass is 238 g/mol. The van der Waals surface area contributed by atoms with E-state index in [9.17, 15) is 0 Å². The zero-order valence-electron chi connectivity index (χ0n) is 10.3. The molecule has 1 heterocycles. The number of thiazole rings is 1. The topological polar surface area (TPSA) is 24.9 Å². The van der Waals surface area contributed by atoms with Gasteiger partial charge in [-0.05, 0) is 25.2 Å². The van der Waals surface area contributed by atoms with E-state index < -0.39 is 0 Å². The van der Waals surface area contributed by atoms with Crippen molar-refractivity contribution in [3.05, 3.63) is 16.6 Å². The Balaban J connectivity index is 1.76. The van der Waals surface area contributed by atoms with E-state index in [0.717, 1.165) is 18.5 Å². The van der Waals surface area contributed by atoms with E-state index in [0.29, 0.717) is 5.92 Å². The standard InChI is InChI=1S/C13H22N2S/c1-3-4-12(11-5-6-11)15-9-10(2)13-14-7-8-16-13/h7-8,10-12,15H,3-6,9H2,1-2H3. The molecule has 1 fully saturated rings. The van der Waals surface area contributed by atoms with Gasteiger partial charge in [0, 0.05) is 30.1 Å². The second-order valence-corrected chi connectivity index (χ2v) is 5.84. The smallest absolute Gasteiger partial charge is 0.0965 e. The van der Waals surface area contributed by atoms with Crippen molar-refractivity contribution < 1.29 is 0 Å². The molecule has 90 valence electrons. The first kappa shape index (κ1) is 12.1. The molecule has 2 atom stereocenters. The van der Waals surface area contributed by atoms with Crippen molar-refractivity contribution >= 4 is 11.3 Å². The van der Waals surface area contributed by atoms with E-state index in [1.165, 1.54) is 30.7 Å². The van der Waals surface area contributed by atoms with Crippen molar-refractivity contribution in [3.63, 3.8) is 0 Å². The zero-order valence-corrected chi connectivity index (χ0v) is 11.1. The normalized spacial score (nSPS) is 19.6. The van der Waals surface area contributed by atoms with Crippen LogP contribution in [0.15, 0.2) is 11.6 Å². The average Bonchev–Trinajstić information content (AvgIpc) is 2.98. The molecule has 0 bridgehead atoms. The Morgan fingerprint density at radius 3 is 2.94 bits per heavy atom. The van der Waals surface area contributed by atoms with Crippen LogP contribution in [0, 0.1) is 5.92 Å². The highest BCUT2D eigenvalue weighted by molar-refractivity contribution is 7.09. The predicted octanol–water partition coefficient (Wildman–Crippen LogP) is 3.41. The SMILES string of the molecule is CCCC(NCC(C)c1nccs1)C1CC1. The minimum absolute atomic E-state index is 0.554. The van der Waals surface area contributed by atoms with Crippen molar-refractivity contribution in [3.8, 4) is 0 Å². The van der Waals surface area contributed by atoms with Crippen LogP contribution in [0.5, 0.6) is 0 Å². The Labute approximate surface area is 102 Å². The van der Waals surface area contributed by atoms with E-state index >= 15 is 0 Å². The maximum atomic E-state index is 4.38. The third kappa shape index (κ3) is 3.29. The van der Waals surface area contributed by atoms with E-state index in [-0.39, 0.29) is 0 Å². The van der Waals surface area contributed by atoms with Gasteiger partial charge in [-0.25, -0.2) is 4.98 Å². The summed E-state index contributed by atoms with van der Waals surface area (Å²) in [6.07, 6.45) is 7.39. The molecule has 1 aromatic heterocycles. The molecule has 1 saturated carbocycles. The van der Waals surface area contributed by atoms with Crippen LogP contribution in [0.25, 0.3) is 0 Å². The quantitative estimate of drug-likeness (QED) is 0.787. The van der Waals surface area contributed by atoms with Crippen molar-refractivity contribution in [1.82, 2.24) is 10.3 Å². The lowest BCUT2D eigenvalue weighted by Crippen LogP contribution is -2.33. The van der Waals surface area contributed by atoms with Crippen molar-refractivity contribution in [2.75, 3.05) is 6.54 Å². The van der Waals surface area contributed by atoms with E-state index in [1.807, 2.05) is 6.20 Å². The van der Waals surface area contributed by atoms with Crippen LogP contribution in [-0.4, -0.2) is 17.6 Å². The average molecular weight is 238 g/mol. The Morgan fingerprint density at radius 1 is 1.56 bits per heavy atom. The molecular formula is C13H22N2S. The molecule has 0 amide bonds. The third-order valence-corrected chi connectivity index (χ3v) is 4.36. The summed E-state index contributed by atoms with van der Waals surface area (Å²) in [5, 5.41) is 7.07. The molecule has 1 N–H and O–H groups in total. The van der Waals surface area contributed by atoms with E-state index in [2.05, 4.69) is 29.5 Å². The number of rotatable bonds is 7. The maximum absolute atomic E-state index is 4.38. The Morgan fingerprint density at radius 2 is 2.38 bits per heavy atom. The molecule has 0 saturated heterocycles. The van der Waals surface area contributed by atoms with Crippen molar-refractivity contribution in [1.29, 1.82) is 0 Å². The fraction of sp³-hybridized carbons (Fsp3) is 0.769. The van der Waals surface area contributed by atoms with E-state index in [1.54, 1.807) is 11.3 Å². The first-order valence-electron chi connectivity index (χ1n) is 6.44. The van der Waals surface area contributed by atoms with Gasteiger partial charge in [0.25, 0.3) is 0 Å². The van der Waals surface area contributed by atoms with Gasteiger partial charge >= 0.3 is 0 Å². The molecular weight excluding hydrogens is 216 g/mol. The minimum atomic E-state index is 0.554. The molecule has 0 spiro atoms. The predicted molar refractivity (Wildman–Crippen MR) is 70.0 cm³/mol. The summed E-state index contributed by atoms with van der Waals surface area (Å²) in [7, 11) is 0. The fourth-order valence-electron chi connectivity index (χ4n) is 2.21. The third-order valence-electron chi connectivity index (χ3n) is 3.35. The Kier molecular flexibility index (Phi) is 4.36. The van der Waals surface area contributed by atoms with Gasteiger partial charge in [-0.3, -0.25) is 0 Å². The number of hydrogen-bond acceptors (Lipinski definition) is 3. The minimum Gasteiger partial charge on any atom is -0.313 e. The first-order chi connectivity index (χ1) is 7.81. The van der Waals surface area contributed by atoms with Crippen molar-refractivity contribution in [2.24, 2.45) is 5.92 Å².